The molecule has 0 spiro atoms. The fourth-order valence-electron chi connectivity index (χ4n) is 1.80. The van der Waals surface area contributed by atoms with E-state index in [0.29, 0.717) is 12.1 Å². The first-order valence-electron chi connectivity index (χ1n) is 5.77. The van der Waals surface area contributed by atoms with Gasteiger partial charge in [0.15, 0.2) is 0 Å². The van der Waals surface area contributed by atoms with Crippen LogP contribution in [0.2, 0.25) is 0 Å². The molecule has 0 saturated heterocycles. The molecule has 1 atom stereocenters. The molecular formula is C13H15N5. The van der Waals surface area contributed by atoms with Crippen molar-refractivity contribution in [3.05, 3.63) is 47.5 Å². The molecule has 0 aliphatic heterocycles. The van der Waals surface area contributed by atoms with Gasteiger partial charge >= 0.3 is 0 Å². The third kappa shape index (κ3) is 2.73. The molecule has 5 heteroatoms. The first-order valence-corrected chi connectivity index (χ1v) is 5.77. The van der Waals surface area contributed by atoms with Crippen LogP contribution < -0.4 is 5.32 Å². The molecule has 1 heterocycles. The predicted octanol–water partition coefficient (Wildman–Crippen LogP) is 1.54. The lowest BCUT2D eigenvalue weighted by atomic mass is 10.1. The molecule has 92 valence electrons. The van der Waals surface area contributed by atoms with E-state index in [1.807, 2.05) is 36.7 Å². The normalized spacial score (nSPS) is 12.1. The molecule has 18 heavy (non-hydrogen) atoms. The number of aromatic nitrogens is 3. The van der Waals surface area contributed by atoms with Crippen molar-refractivity contribution in [1.29, 1.82) is 5.26 Å². The van der Waals surface area contributed by atoms with Gasteiger partial charge in [-0.3, -0.25) is 0 Å². The summed E-state index contributed by atoms with van der Waals surface area (Å²) in [6, 6.07) is 9.83. The summed E-state index contributed by atoms with van der Waals surface area (Å²) >= 11 is 0. The molecule has 1 unspecified atom stereocenters. The van der Waals surface area contributed by atoms with Crippen molar-refractivity contribution in [2.24, 2.45) is 7.05 Å². The van der Waals surface area contributed by atoms with Crippen molar-refractivity contribution in [1.82, 2.24) is 20.1 Å². The number of hydrogen-bond donors (Lipinski definition) is 1. The minimum atomic E-state index is 0.114. The quantitative estimate of drug-likeness (QED) is 0.881. The van der Waals surface area contributed by atoms with Crippen molar-refractivity contribution in [2.45, 2.75) is 19.5 Å². The molecule has 0 bridgehead atoms. The van der Waals surface area contributed by atoms with E-state index < -0.39 is 0 Å². The van der Waals surface area contributed by atoms with Gasteiger partial charge in [-0.1, -0.05) is 12.1 Å². The SMILES string of the molecule is CC(NCc1cccc(C#N)c1)c1nncn1C. The molecule has 5 nitrogen and oxygen atoms in total. The van der Waals surface area contributed by atoms with Gasteiger partial charge in [0.05, 0.1) is 17.7 Å². The number of nitrogens with zero attached hydrogens (tertiary/aromatic N) is 4. The fraction of sp³-hybridized carbons (Fsp3) is 0.308. The lowest BCUT2D eigenvalue weighted by molar-refractivity contribution is 0.528. The highest BCUT2D eigenvalue weighted by molar-refractivity contribution is 5.32. The average molecular weight is 241 g/mol. The molecular weight excluding hydrogens is 226 g/mol. The Bertz CT molecular complexity index is 567. The molecule has 0 radical (unpaired) electrons. The second kappa shape index (κ2) is 5.43. The van der Waals surface area contributed by atoms with E-state index in [4.69, 9.17) is 5.26 Å². The Morgan fingerprint density at radius 1 is 1.50 bits per heavy atom. The van der Waals surface area contributed by atoms with Gasteiger partial charge < -0.3 is 9.88 Å². The number of aryl methyl sites for hydroxylation is 1. The lowest BCUT2D eigenvalue weighted by Gasteiger charge is -2.12. The van der Waals surface area contributed by atoms with Crippen LogP contribution in [0.1, 0.15) is 29.9 Å². The van der Waals surface area contributed by atoms with Crippen molar-refractivity contribution < 1.29 is 0 Å². The number of nitriles is 1. The summed E-state index contributed by atoms with van der Waals surface area (Å²) < 4.78 is 1.89. The van der Waals surface area contributed by atoms with Gasteiger partial charge in [0.1, 0.15) is 12.2 Å². The van der Waals surface area contributed by atoms with Gasteiger partial charge in [-0.15, -0.1) is 10.2 Å². The van der Waals surface area contributed by atoms with E-state index in [1.54, 1.807) is 12.4 Å². The smallest absolute Gasteiger partial charge is 0.149 e. The number of rotatable bonds is 4. The molecule has 0 fully saturated rings. The van der Waals surface area contributed by atoms with Crippen LogP contribution in [-0.2, 0) is 13.6 Å². The van der Waals surface area contributed by atoms with E-state index in [9.17, 15) is 0 Å². The first kappa shape index (κ1) is 12.3. The van der Waals surface area contributed by atoms with Crippen LogP contribution in [0.25, 0.3) is 0 Å². The fourth-order valence-corrected chi connectivity index (χ4v) is 1.80. The predicted molar refractivity (Wildman–Crippen MR) is 67.4 cm³/mol. The van der Waals surface area contributed by atoms with Crippen LogP contribution in [0, 0.1) is 11.3 Å². The van der Waals surface area contributed by atoms with Crippen LogP contribution in [0.4, 0.5) is 0 Å². The molecule has 0 saturated carbocycles. The second-order valence-electron chi connectivity index (χ2n) is 4.21. The number of benzene rings is 1. The zero-order chi connectivity index (χ0) is 13.0. The third-order valence-electron chi connectivity index (χ3n) is 2.80. The molecule has 2 rings (SSSR count). The Hall–Kier alpha value is -2.19. The Balaban J connectivity index is 1.99. The van der Waals surface area contributed by atoms with Gasteiger partial charge in [-0.05, 0) is 24.6 Å². The Morgan fingerprint density at radius 2 is 2.33 bits per heavy atom. The van der Waals surface area contributed by atoms with E-state index in [-0.39, 0.29) is 6.04 Å². The van der Waals surface area contributed by atoms with Crippen LogP contribution in [-0.4, -0.2) is 14.8 Å². The van der Waals surface area contributed by atoms with E-state index in [1.165, 1.54) is 0 Å². The summed E-state index contributed by atoms with van der Waals surface area (Å²) in [6.07, 6.45) is 1.68. The van der Waals surface area contributed by atoms with Crippen molar-refractivity contribution in [2.75, 3.05) is 0 Å². The van der Waals surface area contributed by atoms with Crippen LogP contribution in [0.15, 0.2) is 30.6 Å². The standard InChI is InChI=1S/C13H15N5/c1-10(13-17-16-9-18(13)2)15-8-12-5-3-4-11(6-12)7-14/h3-6,9-10,15H,8H2,1-2H3. The highest BCUT2D eigenvalue weighted by atomic mass is 15.3. The van der Waals surface area contributed by atoms with Crippen molar-refractivity contribution in [3.63, 3.8) is 0 Å². The van der Waals surface area contributed by atoms with Crippen LogP contribution in [0.5, 0.6) is 0 Å². The summed E-state index contributed by atoms with van der Waals surface area (Å²) in [4.78, 5) is 0. The summed E-state index contributed by atoms with van der Waals surface area (Å²) in [7, 11) is 1.92. The molecule has 1 aromatic carbocycles. The highest BCUT2D eigenvalue weighted by Crippen LogP contribution is 2.10. The third-order valence-corrected chi connectivity index (χ3v) is 2.80. The van der Waals surface area contributed by atoms with Crippen molar-refractivity contribution in [3.8, 4) is 6.07 Å². The topological polar surface area (TPSA) is 66.5 Å². The summed E-state index contributed by atoms with van der Waals surface area (Å²) in [5.41, 5.74) is 1.77. The van der Waals surface area contributed by atoms with Gasteiger partial charge in [-0.2, -0.15) is 5.26 Å². The van der Waals surface area contributed by atoms with Crippen LogP contribution >= 0.6 is 0 Å². The molecule has 1 aromatic heterocycles. The summed E-state index contributed by atoms with van der Waals surface area (Å²) in [5.74, 6) is 0.895. The molecule has 2 aromatic rings. The Labute approximate surface area is 106 Å². The second-order valence-corrected chi connectivity index (χ2v) is 4.21. The molecule has 0 aliphatic carbocycles. The monoisotopic (exact) mass is 241 g/mol. The van der Waals surface area contributed by atoms with Gasteiger partial charge in [0, 0.05) is 13.6 Å². The van der Waals surface area contributed by atoms with Crippen LogP contribution in [0.3, 0.4) is 0 Å². The molecule has 0 amide bonds. The average Bonchev–Trinajstić information content (AvgIpc) is 2.82. The van der Waals surface area contributed by atoms with E-state index >= 15 is 0 Å². The zero-order valence-corrected chi connectivity index (χ0v) is 10.5. The summed E-state index contributed by atoms with van der Waals surface area (Å²) in [5, 5.41) is 20.1. The first-order chi connectivity index (χ1) is 8.70. The maximum atomic E-state index is 8.83. The number of hydrogen-bond acceptors (Lipinski definition) is 4. The Kier molecular flexibility index (Phi) is 3.70. The van der Waals surface area contributed by atoms with Gasteiger partial charge in [0.25, 0.3) is 0 Å². The van der Waals surface area contributed by atoms with Crippen molar-refractivity contribution >= 4 is 0 Å². The minimum absolute atomic E-state index is 0.114. The summed E-state index contributed by atoms with van der Waals surface area (Å²) in [6.45, 7) is 2.74. The van der Waals surface area contributed by atoms with E-state index in [2.05, 4.69) is 21.6 Å². The lowest BCUT2D eigenvalue weighted by Crippen LogP contribution is -2.21. The maximum Gasteiger partial charge on any atom is 0.149 e. The largest absolute Gasteiger partial charge is 0.319 e. The zero-order valence-electron chi connectivity index (χ0n) is 10.5. The van der Waals surface area contributed by atoms with Gasteiger partial charge in [0.2, 0.25) is 0 Å². The van der Waals surface area contributed by atoms with E-state index in [0.717, 1.165) is 11.4 Å². The highest BCUT2D eigenvalue weighted by Gasteiger charge is 2.10. The Morgan fingerprint density at radius 3 is 3.00 bits per heavy atom. The minimum Gasteiger partial charge on any atom is -0.319 e. The molecule has 0 aliphatic rings. The van der Waals surface area contributed by atoms with Gasteiger partial charge in [-0.25, -0.2) is 0 Å². The number of nitrogens with one attached hydrogen (secondary N) is 1. The molecule has 1 N–H and O–H groups in total. The maximum absolute atomic E-state index is 8.83.